The third-order valence-corrected chi connectivity index (χ3v) is 2.90. The van der Waals surface area contributed by atoms with E-state index < -0.39 is 0 Å². The molecule has 0 spiro atoms. The van der Waals surface area contributed by atoms with Gasteiger partial charge in [-0.2, -0.15) is 0 Å². The summed E-state index contributed by atoms with van der Waals surface area (Å²) in [6.07, 6.45) is 2.69. The number of nitrogens with one attached hydrogen (secondary N) is 1. The zero-order valence-corrected chi connectivity index (χ0v) is 8.53. The van der Waals surface area contributed by atoms with Crippen molar-refractivity contribution < 1.29 is 5.11 Å². The second kappa shape index (κ2) is 4.01. The maximum absolute atomic E-state index is 9.15. The molecule has 2 nitrogen and oxygen atoms in total. The Hall–Kier alpha value is -1.02. The van der Waals surface area contributed by atoms with E-state index in [-0.39, 0.29) is 6.61 Å². The molecular weight excluding hydrogens is 174 g/mol. The molecule has 1 fully saturated rings. The summed E-state index contributed by atoms with van der Waals surface area (Å²) in [5, 5.41) is 12.6. The van der Waals surface area contributed by atoms with Crippen molar-refractivity contribution in [1.82, 2.24) is 0 Å². The van der Waals surface area contributed by atoms with E-state index in [1.165, 1.54) is 12.8 Å². The van der Waals surface area contributed by atoms with E-state index >= 15 is 0 Å². The monoisotopic (exact) mass is 191 g/mol. The summed E-state index contributed by atoms with van der Waals surface area (Å²) >= 11 is 0. The van der Waals surface area contributed by atoms with Crippen LogP contribution >= 0.6 is 0 Å². The van der Waals surface area contributed by atoms with Gasteiger partial charge in [-0.1, -0.05) is 18.2 Å². The molecule has 1 aliphatic rings. The average Bonchev–Trinajstić information content (AvgIpc) is 3.02. The van der Waals surface area contributed by atoms with Gasteiger partial charge >= 0.3 is 0 Å². The molecule has 1 aliphatic carbocycles. The standard InChI is InChI=1S/C12H17NO/c1-9(10-6-7-10)13-12-5-3-2-4-11(12)8-14/h2-5,9-10,13-14H,6-8H2,1H3. The molecule has 1 aromatic rings. The zero-order chi connectivity index (χ0) is 9.97. The lowest BCUT2D eigenvalue weighted by molar-refractivity contribution is 0.282. The Balaban J connectivity index is 2.06. The summed E-state index contributed by atoms with van der Waals surface area (Å²) in [5.41, 5.74) is 2.06. The summed E-state index contributed by atoms with van der Waals surface area (Å²) < 4.78 is 0. The summed E-state index contributed by atoms with van der Waals surface area (Å²) in [5.74, 6) is 0.835. The van der Waals surface area contributed by atoms with Gasteiger partial charge in [-0.05, 0) is 31.7 Å². The van der Waals surface area contributed by atoms with Crippen LogP contribution in [0.25, 0.3) is 0 Å². The molecule has 0 radical (unpaired) electrons. The van der Waals surface area contributed by atoms with Crippen LogP contribution in [-0.4, -0.2) is 11.1 Å². The molecule has 0 bridgehead atoms. The summed E-state index contributed by atoms with van der Waals surface area (Å²) in [6.45, 7) is 2.33. The number of aliphatic hydroxyl groups excluding tert-OH is 1. The van der Waals surface area contributed by atoms with Crippen molar-refractivity contribution in [2.45, 2.75) is 32.4 Å². The Bertz CT molecular complexity index is 307. The highest BCUT2D eigenvalue weighted by Crippen LogP contribution is 2.34. The van der Waals surface area contributed by atoms with Gasteiger partial charge in [0.25, 0.3) is 0 Å². The Morgan fingerprint density at radius 2 is 2.14 bits per heavy atom. The molecule has 14 heavy (non-hydrogen) atoms. The van der Waals surface area contributed by atoms with E-state index in [1.807, 2.05) is 24.3 Å². The lowest BCUT2D eigenvalue weighted by atomic mass is 10.1. The van der Waals surface area contributed by atoms with Gasteiger partial charge in [-0.15, -0.1) is 0 Å². The molecule has 76 valence electrons. The van der Waals surface area contributed by atoms with E-state index in [0.717, 1.165) is 17.2 Å². The fourth-order valence-corrected chi connectivity index (χ4v) is 1.76. The second-order valence-corrected chi connectivity index (χ2v) is 4.09. The minimum Gasteiger partial charge on any atom is -0.392 e. The van der Waals surface area contributed by atoms with Crippen molar-refractivity contribution in [3.8, 4) is 0 Å². The molecule has 2 heteroatoms. The predicted octanol–water partition coefficient (Wildman–Crippen LogP) is 2.39. The van der Waals surface area contributed by atoms with Gasteiger partial charge in [-0.3, -0.25) is 0 Å². The fraction of sp³-hybridized carbons (Fsp3) is 0.500. The van der Waals surface area contributed by atoms with Crippen LogP contribution in [0.4, 0.5) is 5.69 Å². The van der Waals surface area contributed by atoms with Crippen LogP contribution in [0.2, 0.25) is 0 Å². The van der Waals surface area contributed by atoms with Gasteiger partial charge in [0.2, 0.25) is 0 Å². The summed E-state index contributed by atoms with van der Waals surface area (Å²) in [4.78, 5) is 0. The van der Waals surface area contributed by atoms with Crippen LogP contribution in [0.5, 0.6) is 0 Å². The molecule has 2 N–H and O–H groups in total. The van der Waals surface area contributed by atoms with E-state index in [2.05, 4.69) is 12.2 Å². The first-order chi connectivity index (χ1) is 6.81. The third kappa shape index (κ3) is 2.07. The first-order valence-corrected chi connectivity index (χ1v) is 5.26. The smallest absolute Gasteiger partial charge is 0.0701 e. The largest absolute Gasteiger partial charge is 0.392 e. The number of anilines is 1. The molecule has 0 aromatic heterocycles. The van der Waals surface area contributed by atoms with Crippen molar-refractivity contribution in [3.63, 3.8) is 0 Å². The van der Waals surface area contributed by atoms with E-state index in [1.54, 1.807) is 0 Å². The maximum Gasteiger partial charge on any atom is 0.0701 e. The second-order valence-electron chi connectivity index (χ2n) is 4.09. The lowest BCUT2D eigenvalue weighted by Gasteiger charge is -2.16. The zero-order valence-electron chi connectivity index (χ0n) is 8.53. The Morgan fingerprint density at radius 1 is 1.43 bits per heavy atom. The average molecular weight is 191 g/mol. The van der Waals surface area contributed by atoms with Crippen LogP contribution in [-0.2, 0) is 6.61 Å². The van der Waals surface area contributed by atoms with Gasteiger partial charge in [0.1, 0.15) is 0 Å². The van der Waals surface area contributed by atoms with Crippen molar-refractivity contribution in [3.05, 3.63) is 29.8 Å². The Kier molecular flexibility index (Phi) is 2.73. The van der Waals surface area contributed by atoms with Crippen LogP contribution in [0.1, 0.15) is 25.3 Å². The topological polar surface area (TPSA) is 32.3 Å². The first-order valence-electron chi connectivity index (χ1n) is 5.26. The number of aliphatic hydroxyl groups is 1. The van der Waals surface area contributed by atoms with Crippen molar-refractivity contribution in [1.29, 1.82) is 0 Å². The normalized spacial score (nSPS) is 17.9. The molecule has 1 atom stereocenters. The van der Waals surface area contributed by atoms with Gasteiger partial charge in [0.05, 0.1) is 6.61 Å². The molecule has 0 amide bonds. The summed E-state index contributed by atoms with van der Waals surface area (Å²) in [7, 11) is 0. The van der Waals surface area contributed by atoms with Gasteiger partial charge in [0.15, 0.2) is 0 Å². The summed E-state index contributed by atoms with van der Waals surface area (Å²) in [6, 6.07) is 8.48. The number of hydrogen-bond donors (Lipinski definition) is 2. The molecule has 1 unspecified atom stereocenters. The molecule has 0 heterocycles. The Labute approximate surface area is 85.0 Å². The minimum absolute atomic E-state index is 0.112. The fourth-order valence-electron chi connectivity index (χ4n) is 1.76. The van der Waals surface area contributed by atoms with E-state index in [9.17, 15) is 0 Å². The molecule has 0 aliphatic heterocycles. The van der Waals surface area contributed by atoms with E-state index in [4.69, 9.17) is 5.11 Å². The molecule has 1 saturated carbocycles. The molecular formula is C12H17NO. The van der Waals surface area contributed by atoms with Crippen molar-refractivity contribution in [2.75, 3.05) is 5.32 Å². The van der Waals surface area contributed by atoms with Gasteiger partial charge < -0.3 is 10.4 Å². The van der Waals surface area contributed by atoms with Crippen LogP contribution in [0.3, 0.4) is 0 Å². The highest BCUT2D eigenvalue weighted by Gasteiger charge is 2.27. The molecule has 0 saturated heterocycles. The number of para-hydroxylation sites is 1. The number of benzene rings is 1. The predicted molar refractivity (Wildman–Crippen MR) is 58.2 cm³/mol. The molecule has 1 aromatic carbocycles. The van der Waals surface area contributed by atoms with Crippen molar-refractivity contribution >= 4 is 5.69 Å². The quantitative estimate of drug-likeness (QED) is 0.766. The minimum atomic E-state index is 0.112. The SMILES string of the molecule is CC(Nc1ccccc1CO)C1CC1. The first kappa shape index (κ1) is 9.53. The van der Waals surface area contributed by atoms with Gasteiger partial charge in [-0.25, -0.2) is 0 Å². The van der Waals surface area contributed by atoms with Crippen LogP contribution < -0.4 is 5.32 Å². The number of rotatable bonds is 4. The van der Waals surface area contributed by atoms with Crippen molar-refractivity contribution in [2.24, 2.45) is 5.92 Å². The maximum atomic E-state index is 9.15. The highest BCUT2D eigenvalue weighted by molar-refractivity contribution is 5.51. The lowest BCUT2D eigenvalue weighted by Crippen LogP contribution is -2.18. The number of hydrogen-bond acceptors (Lipinski definition) is 2. The highest BCUT2D eigenvalue weighted by atomic mass is 16.3. The molecule has 2 rings (SSSR count). The van der Waals surface area contributed by atoms with Crippen LogP contribution in [0, 0.1) is 5.92 Å². The van der Waals surface area contributed by atoms with Crippen LogP contribution in [0.15, 0.2) is 24.3 Å². The Morgan fingerprint density at radius 3 is 2.79 bits per heavy atom. The van der Waals surface area contributed by atoms with E-state index in [0.29, 0.717) is 6.04 Å². The third-order valence-electron chi connectivity index (χ3n) is 2.90. The van der Waals surface area contributed by atoms with Gasteiger partial charge in [0, 0.05) is 17.3 Å².